The maximum Gasteiger partial charge on any atom is 0.163 e. The molecule has 0 amide bonds. The third-order valence-corrected chi connectivity index (χ3v) is 1.72. The SMILES string of the molecule is C=CC1(O)COC(C)(C)OC1. The Hall–Kier alpha value is -0.380. The Bertz CT molecular complexity index is 153. The highest BCUT2D eigenvalue weighted by molar-refractivity contribution is 4.98. The monoisotopic (exact) mass is 158 g/mol. The second kappa shape index (κ2) is 2.59. The third kappa shape index (κ3) is 2.02. The van der Waals surface area contributed by atoms with E-state index in [4.69, 9.17) is 9.47 Å². The molecular formula is C8H14O3. The first kappa shape index (κ1) is 8.71. The standard InChI is InChI=1S/C8H14O3/c1-4-8(9)5-10-7(2,3)11-6-8/h4,9H,1,5-6H2,2-3H3. The molecule has 3 nitrogen and oxygen atoms in total. The van der Waals surface area contributed by atoms with Crippen molar-refractivity contribution in [2.75, 3.05) is 13.2 Å². The van der Waals surface area contributed by atoms with E-state index in [1.54, 1.807) is 0 Å². The second-order valence-electron chi connectivity index (χ2n) is 3.28. The molecular weight excluding hydrogens is 144 g/mol. The number of ether oxygens (including phenoxy) is 2. The van der Waals surface area contributed by atoms with E-state index in [0.29, 0.717) is 0 Å². The summed E-state index contributed by atoms with van der Waals surface area (Å²) in [5.74, 6) is -0.574. The van der Waals surface area contributed by atoms with Crippen LogP contribution in [0.25, 0.3) is 0 Å². The first-order chi connectivity index (χ1) is 4.97. The summed E-state index contributed by atoms with van der Waals surface area (Å²) >= 11 is 0. The molecule has 1 fully saturated rings. The highest BCUT2D eigenvalue weighted by Crippen LogP contribution is 2.23. The van der Waals surface area contributed by atoms with Gasteiger partial charge in [0.25, 0.3) is 0 Å². The Morgan fingerprint density at radius 1 is 1.36 bits per heavy atom. The maximum absolute atomic E-state index is 9.54. The Morgan fingerprint density at radius 3 is 2.18 bits per heavy atom. The van der Waals surface area contributed by atoms with Gasteiger partial charge in [0, 0.05) is 0 Å². The minimum Gasteiger partial charge on any atom is -0.381 e. The smallest absolute Gasteiger partial charge is 0.163 e. The molecule has 1 N–H and O–H groups in total. The van der Waals surface area contributed by atoms with Crippen molar-refractivity contribution in [3.8, 4) is 0 Å². The van der Waals surface area contributed by atoms with E-state index in [-0.39, 0.29) is 13.2 Å². The van der Waals surface area contributed by atoms with Gasteiger partial charge in [0.15, 0.2) is 5.79 Å². The zero-order chi connectivity index (χ0) is 8.54. The van der Waals surface area contributed by atoms with Gasteiger partial charge in [-0.1, -0.05) is 6.08 Å². The van der Waals surface area contributed by atoms with Crippen molar-refractivity contribution in [2.24, 2.45) is 0 Å². The lowest BCUT2D eigenvalue weighted by molar-refractivity contribution is -0.290. The molecule has 0 aromatic carbocycles. The summed E-state index contributed by atoms with van der Waals surface area (Å²) in [5.41, 5.74) is -1.00. The summed E-state index contributed by atoms with van der Waals surface area (Å²) in [7, 11) is 0. The van der Waals surface area contributed by atoms with Crippen LogP contribution in [0.15, 0.2) is 12.7 Å². The number of hydrogen-bond acceptors (Lipinski definition) is 3. The van der Waals surface area contributed by atoms with Crippen LogP contribution in [0.2, 0.25) is 0 Å². The molecule has 64 valence electrons. The van der Waals surface area contributed by atoms with Crippen LogP contribution in [0.5, 0.6) is 0 Å². The number of rotatable bonds is 1. The fourth-order valence-corrected chi connectivity index (χ4v) is 0.799. The lowest BCUT2D eigenvalue weighted by Crippen LogP contribution is -2.49. The van der Waals surface area contributed by atoms with Crippen molar-refractivity contribution in [1.29, 1.82) is 0 Å². The molecule has 1 aliphatic heterocycles. The highest BCUT2D eigenvalue weighted by Gasteiger charge is 2.35. The molecule has 1 saturated heterocycles. The largest absolute Gasteiger partial charge is 0.381 e. The molecule has 0 aromatic rings. The van der Waals surface area contributed by atoms with Gasteiger partial charge in [-0.05, 0) is 13.8 Å². The summed E-state index contributed by atoms with van der Waals surface area (Å²) in [6, 6.07) is 0. The van der Waals surface area contributed by atoms with E-state index in [9.17, 15) is 5.11 Å². The van der Waals surface area contributed by atoms with Crippen molar-refractivity contribution >= 4 is 0 Å². The van der Waals surface area contributed by atoms with Gasteiger partial charge in [-0.15, -0.1) is 6.58 Å². The van der Waals surface area contributed by atoms with Crippen molar-refractivity contribution in [1.82, 2.24) is 0 Å². The van der Waals surface area contributed by atoms with Crippen molar-refractivity contribution in [3.63, 3.8) is 0 Å². The van der Waals surface area contributed by atoms with Crippen LogP contribution in [-0.2, 0) is 9.47 Å². The topological polar surface area (TPSA) is 38.7 Å². The van der Waals surface area contributed by atoms with Crippen LogP contribution < -0.4 is 0 Å². The van der Waals surface area contributed by atoms with Crippen molar-refractivity contribution in [3.05, 3.63) is 12.7 Å². The van der Waals surface area contributed by atoms with Gasteiger partial charge < -0.3 is 14.6 Å². The summed E-state index contributed by atoms with van der Waals surface area (Å²) in [4.78, 5) is 0. The third-order valence-electron chi connectivity index (χ3n) is 1.72. The predicted octanol–water partition coefficient (Wildman–Crippen LogP) is 0.686. The second-order valence-corrected chi connectivity index (χ2v) is 3.28. The molecule has 11 heavy (non-hydrogen) atoms. The fourth-order valence-electron chi connectivity index (χ4n) is 0.799. The quantitative estimate of drug-likeness (QED) is 0.570. The van der Waals surface area contributed by atoms with Gasteiger partial charge >= 0.3 is 0 Å². The van der Waals surface area contributed by atoms with Crippen molar-refractivity contribution in [2.45, 2.75) is 25.2 Å². The molecule has 3 heteroatoms. The molecule has 0 spiro atoms. The first-order valence-electron chi connectivity index (χ1n) is 3.61. The number of hydrogen-bond donors (Lipinski definition) is 1. The van der Waals surface area contributed by atoms with Gasteiger partial charge in [0.05, 0.1) is 13.2 Å². The zero-order valence-electron chi connectivity index (χ0n) is 6.96. The van der Waals surface area contributed by atoms with E-state index >= 15 is 0 Å². The lowest BCUT2D eigenvalue weighted by atomic mass is 10.1. The molecule has 1 aliphatic rings. The molecule has 0 radical (unpaired) electrons. The molecule has 0 aliphatic carbocycles. The summed E-state index contributed by atoms with van der Waals surface area (Å²) in [6.45, 7) is 7.63. The molecule has 0 saturated carbocycles. The molecule has 0 unspecified atom stereocenters. The van der Waals surface area contributed by atoms with E-state index in [2.05, 4.69) is 6.58 Å². The van der Waals surface area contributed by atoms with E-state index in [0.717, 1.165) is 0 Å². The molecule has 1 rings (SSSR count). The first-order valence-corrected chi connectivity index (χ1v) is 3.61. The lowest BCUT2D eigenvalue weighted by Gasteiger charge is -2.38. The van der Waals surface area contributed by atoms with Gasteiger partial charge in [-0.2, -0.15) is 0 Å². The van der Waals surface area contributed by atoms with Crippen LogP contribution in [0.4, 0.5) is 0 Å². The average Bonchev–Trinajstić information content (AvgIpc) is 1.97. The zero-order valence-corrected chi connectivity index (χ0v) is 6.96. The van der Waals surface area contributed by atoms with Crippen LogP contribution in [0, 0.1) is 0 Å². The van der Waals surface area contributed by atoms with Gasteiger partial charge in [0.2, 0.25) is 0 Å². The predicted molar refractivity (Wildman–Crippen MR) is 41.1 cm³/mol. The normalized spacial score (nSPS) is 27.9. The van der Waals surface area contributed by atoms with E-state index < -0.39 is 11.4 Å². The van der Waals surface area contributed by atoms with Crippen LogP contribution >= 0.6 is 0 Å². The molecule has 0 bridgehead atoms. The van der Waals surface area contributed by atoms with E-state index in [1.807, 2.05) is 13.8 Å². The minimum atomic E-state index is -1.00. The fraction of sp³-hybridized carbons (Fsp3) is 0.750. The van der Waals surface area contributed by atoms with Crippen LogP contribution in [-0.4, -0.2) is 29.7 Å². The minimum absolute atomic E-state index is 0.253. The Labute approximate surface area is 66.6 Å². The van der Waals surface area contributed by atoms with Crippen LogP contribution in [0.3, 0.4) is 0 Å². The average molecular weight is 158 g/mol. The number of aliphatic hydroxyl groups is 1. The molecule has 1 heterocycles. The van der Waals surface area contributed by atoms with Gasteiger partial charge in [-0.25, -0.2) is 0 Å². The van der Waals surface area contributed by atoms with Gasteiger partial charge in [0.1, 0.15) is 5.60 Å². The van der Waals surface area contributed by atoms with E-state index in [1.165, 1.54) is 6.08 Å². The van der Waals surface area contributed by atoms with Crippen molar-refractivity contribution < 1.29 is 14.6 Å². The molecule has 0 aromatic heterocycles. The summed E-state index contributed by atoms with van der Waals surface area (Å²) in [6.07, 6.45) is 1.45. The molecule has 0 atom stereocenters. The van der Waals surface area contributed by atoms with Gasteiger partial charge in [-0.3, -0.25) is 0 Å². The highest BCUT2D eigenvalue weighted by atomic mass is 16.7. The van der Waals surface area contributed by atoms with Crippen LogP contribution in [0.1, 0.15) is 13.8 Å². The summed E-state index contributed by atoms with van der Waals surface area (Å²) < 4.78 is 10.5. The maximum atomic E-state index is 9.54. The summed E-state index contributed by atoms with van der Waals surface area (Å²) in [5, 5.41) is 9.54. The Morgan fingerprint density at radius 2 is 1.82 bits per heavy atom. The Kier molecular flexibility index (Phi) is 2.05. The Balaban J connectivity index is 2.54.